The molecule has 3 rings (SSSR count). The van der Waals surface area contributed by atoms with E-state index in [1.165, 1.54) is 12.1 Å². The molecule has 1 fully saturated rings. The van der Waals surface area contributed by atoms with E-state index >= 15 is 0 Å². The Morgan fingerprint density at radius 1 is 1.22 bits per heavy atom. The number of oxazole rings is 1. The van der Waals surface area contributed by atoms with Crippen molar-refractivity contribution < 1.29 is 22.3 Å². The Labute approximate surface area is 157 Å². The first-order valence-corrected chi connectivity index (χ1v) is 9.34. The molecule has 1 aromatic heterocycles. The minimum absolute atomic E-state index is 0.262. The van der Waals surface area contributed by atoms with Gasteiger partial charge in [-0.2, -0.15) is 13.2 Å². The molecule has 0 bridgehead atoms. The molecule has 4 nitrogen and oxygen atoms in total. The molecule has 0 amide bonds. The Bertz CT molecular complexity index is 735. The van der Waals surface area contributed by atoms with Gasteiger partial charge in [-0.05, 0) is 57.0 Å². The fourth-order valence-electron chi connectivity index (χ4n) is 3.34. The van der Waals surface area contributed by atoms with Crippen LogP contribution in [-0.4, -0.2) is 35.7 Å². The first kappa shape index (κ1) is 19.9. The molecule has 0 radical (unpaired) electrons. The van der Waals surface area contributed by atoms with Crippen molar-refractivity contribution in [3.63, 3.8) is 0 Å². The Kier molecular flexibility index (Phi) is 6.22. The van der Waals surface area contributed by atoms with Crippen molar-refractivity contribution in [1.82, 2.24) is 9.88 Å². The van der Waals surface area contributed by atoms with Crippen LogP contribution in [0.15, 0.2) is 28.7 Å². The molecule has 0 spiro atoms. The number of nitrogens with zero attached hydrogens (tertiary/aromatic N) is 2. The molecule has 0 saturated carbocycles. The van der Waals surface area contributed by atoms with E-state index in [0.29, 0.717) is 23.8 Å². The minimum atomic E-state index is -4.35. The average Bonchev–Trinajstić information content (AvgIpc) is 3.25. The fraction of sp³-hybridized carbons (Fsp3) is 0.550. The number of aryl methyl sites for hydroxylation is 1. The van der Waals surface area contributed by atoms with Crippen molar-refractivity contribution in [2.24, 2.45) is 0 Å². The van der Waals surface area contributed by atoms with Gasteiger partial charge in [-0.3, -0.25) is 4.90 Å². The maximum atomic E-state index is 12.7. The van der Waals surface area contributed by atoms with Crippen molar-refractivity contribution in [3.8, 4) is 11.5 Å². The van der Waals surface area contributed by atoms with Crippen LogP contribution in [0.2, 0.25) is 0 Å². The first-order chi connectivity index (χ1) is 12.9. The molecular formula is C20H25F3N2O2. The second-order valence-electron chi connectivity index (χ2n) is 6.97. The molecule has 2 heterocycles. The highest BCUT2D eigenvalue weighted by molar-refractivity contribution is 5.54. The average molecular weight is 382 g/mol. The normalized spacial score (nSPS) is 17.8. The zero-order chi connectivity index (χ0) is 19.4. The number of alkyl halides is 3. The lowest BCUT2D eigenvalue weighted by atomic mass is 10.1. The van der Waals surface area contributed by atoms with Gasteiger partial charge in [0.05, 0.1) is 17.4 Å². The zero-order valence-electron chi connectivity index (χ0n) is 15.7. The SMILES string of the molecule is CCCN(Cc1nc(-c2ccc(C(F)(F)F)cc2)oc1C)CC1CCCO1. The number of ether oxygens (including phenoxy) is 1. The van der Waals surface area contributed by atoms with Crippen LogP contribution in [0.5, 0.6) is 0 Å². The summed E-state index contributed by atoms with van der Waals surface area (Å²) in [5.74, 6) is 1.04. The highest BCUT2D eigenvalue weighted by atomic mass is 19.4. The molecule has 1 saturated heterocycles. The van der Waals surface area contributed by atoms with Crippen molar-refractivity contribution in [2.75, 3.05) is 19.7 Å². The van der Waals surface area contributed by atoms with E-state index in [4.69, 9.17) is 9.15 Å². The fourth-order valence-corrected chi connectivity index (χ4v) is 3.34. The van der Waals surface area contributed by atoms with E-state index in [9.17, 15) is 13.2 Å². The summed E-state index contributed by atoms with van der Waals surface area (Å²) in [4.78, 5) is 6.84. The predicted molar refractivity (Wildman–Crippen MR) is 96.2 cm³/mol. The highest BCUT2D eigenvalue weighted by Crippen LogP contribution is 2.31. The zero-order valence-corrected chi connectivity index (χ0v) is 15.7. The smallest absolute Gasteiger partial charge is 0.416 e. The Morgan fingerprint density at radius 2 is 1.96 bits per heavy atom. The third-order valence-corrected chi connectivity index (χ3v) is 4.75. The number of rotatable bonds is 7. The van der Waals surface area contributed by atoms with Gasteiger partial charge >= 0.3 is 6.18 Å². The van der Waals surface area contributed by atoms with E-state index < -0.39 is 11.7 Å². The second-order valence-corrected chi connectivity index (χ2v) is 6.97. The van der Waals surface area contributed by atoms with Crippen molar-refractivity contribution in [1.29, 1.82) is 0 Å². The van der Waals surface area contributed by atoms with Crippen LogP contribution in [0.3, 0.4) is 0 Å². The van der Waals surface area contributed by atoms with Crippen LogP contribution in [0.4, 0.5) is 13.2 Å². The monoisotopic (exact) mass is 382 g/mol. The summed E-state index contributed by atoms with van der Waals surface area (Å²) in [6, 6.07) is 4.90. The third kappa shape index (κ3) is 5.11. The van der Waals surface area contributed by atoms with Crippen LogP contribution in [0.25, 0.3) is 11.5 Å². The summed E-state index contributed by atoms with van der Waals surface area (Å²) >= 11 is 0. The maximum Gasteiger partial charge on any atom is 0.416 e. The van der Waals surface area contributed by atoms with Gasteiger partial charge < -0.3 is 9.15 Å². The summed E-state index contributed by atoms with van der Waals surface area (Å²) in [5, 5.41) is 0. The van der Waals surface area contributed by atoms with Crippen LogP contribution in [-0.2, 0) is 17.5 Å². The van der Waals surface area contributed by atoms with Crippen molar-refractivity contribution >= 4 is 0 Å². The highest BCUT2D eigenvalue weighted by Gasteiger charge is 2.30. The predicted octanol–water partition coefficient (Wildman–Crippen LogP) is 5.06. The van der Waals surface area contributed by atoms with E-state index in [1.54, 1.807) is 0 Å². The molecule has 1 atom stereocenters. The Balaban J connectivity index is 1.72. The second kappa shape index (κ2) is 8.44. The summed E-state index contributed by atoms with van der Waals surface area (Å²) in [7, 11) is 0. The van der Waals surface area contributed by atoms with Gasteiger partial charge in [-0.25, -0.2) is 4.98 Å². The van der Waals surface area contributed by atoms with Gasteiger partial charge in [-0.15, -0.1) is 0 Å². The van der Waals surface area contributed by atoms with Gasteiger partial charge in [0, 0.05) is 25.3 Å². The lowest BCUT2D eigenvalue weighted by molar-refractivity contribution is -0.137. The van der Waals surface area contributed by atoms with Gasteiger partial charge in [0.25, 0.3) is 0 Å². The molecule has 0 N–H and O–H groups in total. The number of aromatic nitrogens is 1. The standard InChI is InChI=1S/C20H25F3N2O2/c1-3-10-25(12-17-5-4-11-26-17)13-18-14(2)27-19(24-18)15-6-8-16(9-7-15)20(21,22)23/h6-9,17H,3-5,10-13H2,1-2H3. The number of hydrogen-bond donors (Lipinski definition) is 0. The molecule has 1 aromatic carbocycles. The van der Waals surface area contributed by atoms with E-state index in [0.717, 1.165) is 56.8 Å². The molecule has 148 valence electrons. The van der Waals surface area contributed by atoms with Gasteiger partial charge in [0.15, 0.2) is 0 Å². The molecule has 1 unspecified atom stereocenters. The van der Waals surface area contributed by atoms with E-state index in [2.05, 4.69) is 16.8 Å². The van der Waals surface area contributed by atoms with Crippen molar-refractivity contribution in [2.45, 2.75) is 51.9 Å². The molecule has 27 heavy (non-hydrogen) atoms. The van der Waals surface area contributed by atoms with Gasteiger partial charge in [0.1, 0.15) is 5.76 Å². The molecule has 1 aliphatic heterocycles. The third-order valence-electron chi connectivity index (χ3n) is 4.75. The first-order valence-electron chi connectivity index (χ1n) is 9.34. The van der Waals surface area contributed by atoms with Crippen LogP contribution in [0, 0.1) is 6.92 Å². The Morgan fingerprint density at radius 3 is 2.56 bits per heavy atom. The quantitative estimate of drug-likeness (QED) is 0.671. The summed E-state index contributed by atoms with van der Waals surface area (Å²) in [6.45, 7) is 7.23. The summed E-state index contributed by atoms with van der Waals surface area (Å²) in [6.07, 6.45) is -0.882. The number of hydrogen-bond acceptors (Lipinski definition) is 4. The summed E-state index contributed by atoms with van der Waals surface area (Å²) < 4.78 is 49.6. The number of halogens is 3. The van der Waals surface area contributed by atoms with E-state index in [-0.39, 0.29) is 6.10 Å². The van der Waals surface area contributed by atoms with Gasteiger partial charge in [0.2, 0.25) is 5.89 Å². The lowest BCUT2D eigenvalue weighted by Crippen LogP contribution is -2.32. The molecule has 1 aliphatic rings. The molecular weight excluding hydrogens is 357 g/mol. The maximum absolute atomic E-state index is 12.7. The van der Waals surface area contributed by atoms with E-state index in [1.807, 2.05) is 6.92 Å². The lowest BCUT2D eigenvalue weighted by Gasteiger charge is -2.23. The largest absolute Gasteiger partial charge is 0.441 e. The minimum Gasteiger partial charge on any atom is -0.441 e. The van der Waals surface area contributed by atoms with Crippen molar-refractivity contribution in [3.05, 3.63) is 41.3 Å². The topological polar surface area (TPSA) is 38.5 Å². The molecule has 0 aliphatic carbocycles. The summed E-state index contributed by atoms with van der Waals surface area (Å²) in [5.41, 5.74) is 0.676. The van der Waals surface area contributed by atoms with Crippen LogP contribution in [0.1, 0.15) is 43.2 Å². The van der Waals surface area contributed by atoms with Crippen LogP contribution >= 0.6 is 0 Å². The number of benzene rings is 1. The Hall–Kier alpha value is -1.86. The molecule has 7 heteroatoms. The molecule has 2 aromatic rings. The van der Waals surface area contributed by atoms with Crippen LogP contribution < -0.4 is 0 Å². The van der Waals surface area contributed by atoms with Gasteiger partial charge in [-0.1, -0.05) is 6.92 Å².